The maximum Gasteiger partial charge on any atom is 0.338 e. The zero-order valence-electron chi connectivity index (χ0n) is 17.1. The number of nitrogens with zero attached hydrogens (tertiary/aromatic N) is 2. The predicted octanol–water partition coefficient (Wildman–Crippen LogP) is 3.62. The van der Waals surface area contributed by atoms with Gasteiger partial charge in [0.05, 0.1) is 12.7 Å². The monoisotopic (exact) mass is 379 g/mol. The van der Waals surface area contributed by atoms with Crippen LogP contribution in [0.3, 0.4) is 0 Å². The zero-order chi connectivity index (χ0) is 21.0. The second kappa shape index (κ2) is 8.57. The second-order valence-corrected chi connectivity index (χ2v) is 6.90. The molecule has 0 bridgehead atoms. The number of nitrogens with one attached hydrogen (secondary N) is 1. The zero-order valence-corrected chi connectivity index (χ0v) is 17.1. The minimum absolute atomic E-state index is 0.0500. The van der Waals surface area contributed by atoms with E-state index >= 15 is 0 Å². The van der Waals surface area contributed by atoms with Crippen molar-refractivity contribution in [2.24, 2.45) is 0 Å². The fourth-order valence-corrected chi connectivity index (χ4v) is 3.15. The number of ether oxygens (including phenoxy) is 1. The van der Waals surface area contributed by atoms with Crippen molar-refractivity contribution < 1.29 is 14.3 Å². The van der Waals surface area contributed by atoms with Crippen LogP contribution in [0.2, 0.25) is 0 Å². The SMILES string of the molecule is COC(=O)c1cccc(-n2c(C)cc(/C=C(/C#N)C(=O)NC(C)C)c2C)c1C. The van der Waals surface area contributed by atoms with Gasteiger partial charge in [-0.15, -0.1) is 0 Å². The summed E-state index contributed by atoms with van der Waals surface area (Å²) in [6.07, 6.45) is 1.59. The Labute approximate surface area is 165 Å². The summed E-state index contributed by atoms with van der Waals surface area (Å²) in [5, 5.41) is 12.1. The van der Waals surface area contributed by atoms with Crippen LogP contribution in [0.1, 0.15) is 46.7 Å². The van der Waals surface area contributed by atoms with E-state index < -0.39 is 5.91 Å². The van der Waals surface area contributed by atoms with Gasteiger partial charge in [-0.3, -0.25) is 4.79 Å². The van der Waals surface area contributed by atoms with E-state index in [0.717, 1.165) is 28.2 Å². The van der Waals surface area contributed by atoms with Crippen molar-refractivity contribution in [3.8, 4) is 11.8 Å². The quantitative estimate of drug-likeness (QED) is 0.488. The first-order chi connectivity index (χ1) is 13.2. The molecule has 1 heterocycles. The van der Waals surface area contributed by atoms with Crippen molar-refractivity contribution in [2.45, 2.75) is 40.7 Å². The predicted molar refractivity (Wildman–Crippen MR) is 108 cm³/mol. The van der Waals surface area contributed by atoms with Gasteiger partial charge in [0.1, 0.15) is 11.6 Å². The van der Waals surface area contributed by atoms with Crippen molar-refractivity contribution in [3.63, 3.8) is 0 Å². The molecule has 1 N–H and O–H groups in total. The van der Waals surface area contributed by atoms with Crippen LogP contribution >= 0.6 is 0 Å². The van der Waals surface area contributed by atoms with Crippen LogP contribution in [0.5, 0.6) is 0 Å². The van der Waals surface area contributed by atoms with Gasteiger partial charge in [-0.2, -0.15) is 5.26 Å². The maximum absolute atomic E-state index is 12.2. The highest BCUT2D eigenvalue weighted by molar-refractivity contribution is 6.02. The van der Waals surface area contributed by atoms with E-state index in [0.29, 0.717) is 5.56 Å². The molecule has 1 amide bonds. The molecule has 0 aliphatic heterocycles. The Hall–Kier alpha value is -3.33. The molecular weight excluding hydrogens is 354 g/mol. The van der Waals surface area contributed by atoms with Crippen LogP contribution in [0, 0.1) is 32.1 Å². The summed E-state index contributed by atoms with van der Waals surface area (Å²) in [5.41, 5.74) is 4.76. The van der Waals surface area contributed by atoms with Gasteiger partial charge in [0.25, 0.3) is 5.91 Å². The Morgan fingerprint density at radius 2 is 1.93 bits per heavy atom. The van der Waals surface area contributed by atoms with Crippen LogP contribution < -0.4 is 5.32 Å². The lowest BCUT2D eigenvalue weighted by Gasteiger charge is -2.15. The van der Waals surface area contributed by atoms with E-state index in [9.17, 15) is 14.9 Å². The molecule has 0 radical (unpaired) electrons. The van der Waals surface area contributed by atoms with E-state index in [1.807, 2.05) is 57.4 Å². The van der Waals surface area contributed by atoms with Crippen molar-refractivity contribution in [1.29, 1.82) is 5.26 Å². The number of methoxy groups -OCH3 is 1. The van der Waals surface area contributed by atoms with Crippen molar-refractivity contribution in [1.82, 2.24) is 9.88 Å². The average molecular weight is 379 g/mol. The first-order valence-corrected chi connectivity index (χ1v) is 9.01. The molecule has 0 aliphatic rings. The molecule has 6 nitrogen and oxygen atoms in total. The second-order valence-electron chi connectivity index (χ2n) is 6.90. The minimum Gasteiger partial charge on any atom is -0.465 e. The number of carbonyl (C=O) groups is 2. The van der Waals surface area contributed by atoms with Crippen LogP contribution in [-0.4, -0.2) is 29.6 Å². The number of esters is 1. The molecule has 0 atom stereocenters. The number of amides is 1. The first kappa shape index (κ1) is 21.0. The smallest absolute Gasteiger partial charge is 0.338 e. The van der Waals surface area contributed by atoms with Gasteiger partial charge in [-0.25, -0.2) is 4.79 Å². The van der Waals surface area contributed by atoms with Gasteiger partial charge in [0.15, 0.2) is 0 Å². The minimum atomic E-state index is -0.397. The number of aromatic nitrogens is 1. The molecule has 2 aromatic rings. The molecule has 1 aromatic carbocycles. The van der Waals surface area contributed by atoms with E-state index in [1.165, 1.54) is 7.11 Å². The Bertz CT molecular complexity index is 991. The number of carbonyl (C=O) groups excluding carboxylic acids is 2. The molecule has 146 valence electrons. The summed E-state index contributed by atoms with van der Waals surface area (Å²) in [7, 11) is 1.36. The molecule has 0 spiro atoms. The standard InChI is InChI=1S/C22H25N3O3/c1-13(2)24-21(26)18(12-23)11-17-10-14(3)25(16(17)5)20-9-7-8-19(15(20)4)22(27)28-6/h7-11,13H,1-6H3,(H,24,26)/b18-11-. The van der Waals surface area contributed by atoms with Crippen molar-refractivity contribution in [3.05, 3.63) is 57.9 Å². The lowest BCUT2D eigenvalue weighted by molar-refractivity contribution is -0.117. The summed E-state index contributed by atoms with van der Waals surface area (Å²) in [6, 6.07) is 9.29. The Morgan fingerprint density at radius 1 is 1.25 bits per heavy atom. The van der Waals surface area contributed by atoms with E-state index in [4.69, 9.17) is 4.74 Å². The van der Waals surface area contributed by atoms with Gasteiger partial charge in [0.2, 0.25) is 0 Å². The van der Waals surface area contributed by atoms with Gasteiger partial charge in [-0.05, 0) is 70.0 Å². The number of benzene rings is 1. The third-order valence-corrected chi connectivity index (χ3v) is 4.51. The average Bonchev–Trinajstić information content (AvgIpc) is 2.92. The third-order valence-electron chi connectivity index (χ3n) is 4.51. The Morgan fingerprint density at radius 3 is 2.50 bits per heavy atom. The number of nitriles is 1. The van der Waals surface area contributed by atoms with Crippen LogP contribution in [-0.2, 0) is 9.53 Å². The topological polar surface area (TPSA) is 84.1 Å². The molecule has 28 heavy (non-hydrogen) atoms. The van der Waals surface area contributed by atoms with Crippen LogP contribution in [0.4, 0.5) is 0 Å². The molecule has 0 aliphatic carbocycles. The first-order valence-electron chi connectivity index (χ1n) is 9.01. The molecule has 0 saturated carbocycles. The molecule has 0 fully saturated rings. The maximum atomic E-state index is 12.2. The van der Waals surface area contributed by atoms with Crippen molar-refractivity contribution in [2.75, 3.05) is 7.11 Å². The number of hydrogen-bond donors (Lipinski definition) is 1. The van der Waals surface area contributed by atoms with E-state index in [2.05, 4.69) is 5.32 Å². The van der Waals surface area contributed by atoms with Gasteiger partial charge in [-0.1, -0.05) is 6.07 Å². The Balaban J connectivity index is 2.57. The largest absolute Gasteiger partial charge is 0.465 e. The molecule has 0 unspecified atom stereocenters. The fourth-order valence-electron chi connectivity index (χ4n) is 3.15. The number of hydrogen-bond acceptors (Lipinski definition) is 4. The van der Waals surface area contributed by atoms with E-state index in [-0.39, 0.29) is 17.6 Å². The number of rotatable bonds is 5. The summed E-state index contributed by atoms with van der Waals surface area (Å²) in [4.78, 5) is 24.2. The van der Waals surface area contributed by atoms with Crippen molar-refractivity contribution >= 4 is 18.0 Å². The summed E-state index contributed by atoms with van der Waals surface area (Å²) >= 11 is 0. The van der Waals surface area contributed by atoms with E-state index in [1.54, 1.807) is 18.2 Å². The summed E-state index contributed by atoms with van der Waals surface area (Å²) < 4.78 is 6.86. The Kier molecular flexibility index (Phi) is 6.42. The lowest BCUT2D eigenvalue weighted by atomic mass is 10.1. The summed E-state index contributed by atoms with van der Waals surface area (Å²) in [6.45, 7) is 9.41. The molecular formula is C22H25N3O3. The van der Waals surface area contributed by atoms with Gasteiger partial charge in [0, 0.05) is 23.1 Å². The van der Waals surface area contributed by atoms with Crippen LogP contribution in [0.25, 0.3) is 11.8 Å². The van der Waals surface area contributed by atoms with Gasteiger partial charge >= 0.3 is 5.97 Å². The van der Waals surface area contributed by atoms with Gasteiger partial charge < -0.3 is 14.6 Å². The normalized spacial score (nSPS) is 11.3. The lowest BCUT2D eigenvalue weighted by Crippen LogP contribution is -2.30. The van der Waals surface area contributed by atoms with Crippen LogP contribution in [0.15, 0.2) is 29.8 Å². The molecule has 1 aromatic heterocycles. The third kappa shape index (κ3) is 4.15. The molecule has 6 heteroatoms. The highest BCUT2D eigenvalue weighted by atomic mass is 16.5. The fraction of sp³-hybridized carbons (Fsp3) is 0.318. The number of aryl methyl sites for hydroxylation is 1. The molecule has 2 rings (SSSR count). The highest BCUT2D eigenvalue weighted by Gasteiger charge is 2.18. The summed E-state index contributed by atoms with van der Waals surface area (Å²) in [5.74, 6) is -0.787. The highest BCUT2D eigenvalue weighted by Crippen LogP contribution is 2.26. The molecule has 0 saturated heterocycles.